The lowest BCUT2D eigenvalue weighted by Gasteiger charge is -2.34. The van der Waals surface area contributed by atoms with Crippen LogP contribution in [0.3, 0.4) is 0 Å². The van der Waals surface area contributed by atoms with Crippen LogP contribution >= 0.6 is 0 Å². The number of hydrogen-bond donors (Lipinski definition) is 0. The summed E-state index contributed by atoms with van der Waals surface area (Å²) in [6, 6.07) is 6.54. The van der Waals surface area contributed by atoms with E-state index in [2.05, 4.69) is 0 Å². The number of morpholine rings is 1. The Hall–Kier alpha value is -2.15. The summed E-state index contributed by atoms with van der Waals surface area (Å²) in [5.74, 6) is 0. The molecule has 2 fully saturated rings. The molecule has 3 rings (SSSR count). The van der Waals surface area contributed by atoms with Gasteiger partial charge in [-0.1, -0.05) is 12.1 Å². The van der Waals surface area contributed by atoms with E-state index in [1.165, 1.54) is 12.1 Å². The maximum absolute atomic E-state index is 12.3. The first-order chi connectivity index (χ1) is 11.2. The zero-order valence-electron chi connectivity index (χ0n) is 14.2. The monoisotopic (exact) mass is 334 g/mol. The zero-order chi connectivity index (χ0) is 17.5. The minimum Gasteiger partial charge on any atom is -0.444 e. The maximum Gasteiger partial charge on any atom is 0.410 e. The lowest BCUT2D eigenvalue weighted by atomic mass is 9.93. The minimum absolute atomic E-state index is 0.0397. The highest BCUT2D eigenvalue weighted by molar-refractivity contribution is 5.69. The number of ether oxygens (including phenoxy) is 2. The van der Waals surface area contributed by atoms with Crippen LogP contribution in [0.1, 0.15) is 32.8 Å². The van der Waals surface area contributed by atoms with E-state index in [1.54, 1.807) is 17.0 Å². The van der Waals surface area contributed by atoms with Gasteiger partial charge in [0.15, 0.2) is 0 Å². The van der Waals surface area contributed by atoms with Gasteiger partial charge in [0, 0.05) is 25.0 Å². The van der Waals surface area contributed by atoms with Crippen LogP contribution < -0.4 is 0 Å². The summed E-state index contributed by atoms with van der Waals surface area (Å²) in [6.45, 7) is 6.54. The molecule has 0 radical (unpaired) electrons. The molecule has 24 heavy (non-hydrogen) atoms. The number of carbonyl (C=O) groups excluding carboxylic acids is 1. The molecule has 1 amide bonds. The molecule has 1 aromatic carbocycles. The van der Waals surface area contributed by atoms with Crippen molar-refractivity contribution in [2.45, 2.75) is 50.9 Å². The first-order valence-corrected chi connectivity index (χ1v) is 8.04. The Labute approximate surface area is 140 Å². The SMILES string of the molecule is CC(C)(C)OC(=O)N1C[C@]2(Cc3ccc([N+](=O)[O-])cc3)C[C@H]1CO2. The predicted octanol–water partition coefficient (Wildman–Crippen LogP) is 2.92. The summed E-state index contributed by atoms with van der Waals surface area (Å²) in [5.41, 5.74) is 0.0961. The topological polar surface area (TPSA) is 81.9 Å². The second kappa shape index (κ2) is 5.73. The van der Waals surface area contributed by atoms with Gasteiger partial charge in [-0.25, -0.2) is 4.79 Å². The van der Waals surface area contributed by atoms with Crippen LogP contribution in [0.5, 0.6) is 0 Å². The molecule has 2 saturated heterocycles. The van der Waals surface area contributed by atoms with E-state index in [-0.39, 0.29) is 17.8 Å². The van der Waals surface area contributed by atoms with Crippen LogP contribution in [-0.2, 0) is 15.9 Å². The average Bonchev–Trinajstić information content (AvgIpc) is 3.03. The molecule has 0 N–H and O–H groups in total. The fourth-order valence-corrected chi connectivity index (χ4v) is 3.39. The van der Waals surface area contributed by atoms with E-state index in [4.69, 9.17) is 9.47 Å². The first kappa shape index (κ1) is 16.7. The number of amides is 1. The number of benzene rings is 1. The Kier molecular flexibility index (Phi) is 3.99. The van der Waals surface area contributed by atoms with Gasteiger partial charge in [-0.05, 0) is 26.3 Å². The van der Waals surface area contributed by atoms with Crippen molar-refractivity contribution in [3.63, 3.8) is 0 Å². The Morgan fingerprint density at radius 1 is 1.42 bits per heavy atom. The molecular weight excluding hydrogens is 312 g/mol. The highest BCUT2D eigenvalue weighted by Crippen LogP contribution is 2.40. The number of carbonyl (C=O) groups is 1. The molecule has 0 aliphatic carbocycles. The number of likely N-dealkylation sites (tertiary alicyclic amines) is 1. The van der Waals surface area contributed by atoms with Gasteiger partial charge in [0.05, 0.1) is 29.7 Å². The van der Waals surface area contributed by atoms with Crippen LogP contribution in [0.25, 0.3) is 0 Å². The summed E-state index contributed by atoms with van der Waals surface area (Å²) in [7, 11) is 0. The second-order valence-corrected chi connectivity index (χ2v) is 7.56. The number of nitro groups is 1. The lowest BCUT2D eigenvalue weighted by Crippen LogP contribution is -2.48. The van der Waals surface area contributed by atoms with E-state index in [1.807, 2.05) is 20.8 Å². The largest absolute Gasteiger partial charge is 0.444 e. The zero-order valence-corrected chi connectivity index (χ0v) is 14.2. The van der Waals surface area contributed by atoms with Crippen LogP contribution in [0.4, 0.5) is 10.5 Å². The molecule has 0 aromatic heterocycles. The molecule has 2 aliphatic rings. The summed E-state index contributed by atoms with van der Waals surface area (Å²) in [6.07, 6.45) is 1.09. The Balaban J connectivity index is 1.69. The highest BCUT2D eigenvalue weighted by atomic mass is 16.6. The van der Waals surface area contributed by atoms with Crippen LogP contribution in [0.2, 0.25) is 0 Å². The second-order valence-electron chi connectivity index (χ2n) is 7.56. The molecule has 7 heteroatoms. The number of fused-ring (bicyclic) bond motifs is 2. The van der Waals surface area contributed by atoms with E-state index >= 15 is 0 Å². The van der Waals surface area contributed by atoms with Gasteiger partial charge in [-0.3, -0.25) is 15.0 Å². The average molecular weight is 334 g/mol. The lowest BCUT2D eigenvalue weighted by molar-refractivity contribution is -0.384. The van der Waals surface area contributed by atoms with E-state index in [0.717, 1.165) is 12.0 Å². The van der Waals surface area contributed by atoms with Gasteiger partial charge in [0.2, 0.25) is 0 Å². The Morgan fingerprint density at radius 2 is 2.08 bits per heavy atom. The molecule has 7 nitrogen and oxygen atoms in total. The fourth-order valence-electron chi connectivity index (χ4n) is 3.39. The quantitative estimate of drug-likeness (QED) is 0.627. The fraction of sp³-hybridized carbons (Fsp3) is 0.588. The van der Waals surface area contributed by atoms with Crippen LogP contribution in [0.15, 0.2) is 24.3 Å². The molecule has 0 unspecified atom stereocenters. The van der Waals surface area contributed by atoms with Gasteiger partial charge in [0.1, 0.15) is 5.60 Å². The van der Waals surface area contributed by atoms with Crippen molar-refractivity contribution in [2.75, 3.05) is 13.2 Å². The van der Waals surface area contributed by atoms with Gasteiger partial charge in [-0.2, -0.15) is 0 Å². The number of non-ortho nitro benzene ring substituents is 1. The Morgan fingerprint density at radius 3 is 2.67 bits per heavy atom. The molecule has 0 spiro atoms. The molecule has 2 heterocycles. The summed E-state index contributed by atoms with van der Waals surface area (Å²) >= 11 is 0. The summed E-state index contributed by atoms with van der Waals surface area (Å²) < 4.78 is 11.4. The summed E-state index contributed by atoms with van der Waals surface area (Å²) in [5, 5.41) is 10.7. The van der Waals surface area contributed by atoms with Crippen molar-refractivity contribution in [1.82, 2.24) is 4.90 Å². The van der Waals surface area contributed by atoms with E-state index in [9.17, 15) is 14.9 Å². The third-order valence-corrected chi connectivity index (χ3v) is 4.39. The van der Waals surface area contributed by atoms with Gasteiger partial charge < -0.3 is 9.47 Å². The Bertz CT molecular complexity index is 652. The van der Waals surface area contributed by atoms with E-state index in [0.29, 0.717) is 19.6 Å². The molecule has 2 aliphatic heterocycles. The normalized spacial score (nSPS) is 25.8. The third kappa shape index (κ3) is 3.36. The smallest absolute Gasteiger partial charge is 0.410 e. The van der Waals surface area contributed by atoms with Crippen molar-refractivity contribution in [1.29, 1.82) is 0 Å². The van der Waals surface area contributed by atoms with Gasteiger partial charge >= 0.3 is 6.09 Å². The number of nitro benzene ring substituents is 1. The van der Waals surface area contributed by atoms with Crippen molar-refractivity contribution < 1.29 is 19.2 Å². The van der Waals surface area contributed by atoms with Crippen molar-refractivity contribution >= 4 is 11.8 Å². The number of rotatable bonds is 3. The molecule has 130 valence electrons. The maximum atomic E-state index is 12.3. The standard InChI is InChI=1S/C17H22N2O5/c1-16(2,3)24-15(20)18-11-17(9-14(18)10-23-17)8-12-4-6-13(7-5-12)19(21)22/h4-7,14H,8-11H2,1-3H3/t14-,17-/m0/s1. The van der Waals surface area contributed by atoms with E-state index < -0.39 is 16.1 Å². The number of hydrogen-bond acceptors (Lipinski definition) is 5. The molecule has 2 atom stereocenters. The summed E-state index contributed by atoms with van der Waals surface area (Å²) in [4.78, 5) is 24.4. The number of nitrogens with zero attached hydrogens (tertiary/aromatic N) is 2. The van der Waals surface area contributed by atoms with Crippen LogP contribution in [-0.4, -0.2) is 46.3 Å². The third-order valence-electron chi connectivity index (χ3n) is 4.39. The molecular formula is C17H22N2O5. The minimum atomic E-state index is -0.523. The predicted molar refractivity (Wildman–Crippen MR) is 86.8 cm³/mol. The van der Waals surface area contributed by atoms with Crippen molar-refractivity contribution in [2.24, 2.45) is 0 Å². The molecule has 0 saturated carbocycles. The van der Waals surface area contributed by atoms with Crippen LogP contribution in [0, 0.1) is 10.1 Å². The molecule has 1 aromatic rings. The molecule has 2 bridgehead atoms. The first-order valence-electron chi connectivity index (χ1n) is 8.04. The van der Waals surface area contributed by atoms with Gasteiger partial charge in [-0.15, -0.1) is 0 Å². The van der Waals surface area contributed by atoms with Crippen molar-refractivity contribution in [3.8, 4) is 0 Å². The van der Waals surface area contributed by atoms with Gasteiger partial charge in [0.25, 0.3) is 5.69 Å². The highest BCUT2D eigenvalue weighted by Gasteiger charge is 2.53. The van der Waals surface area contributed by atoms with Crippen molar-refractivity contribution in [3.05, 3.63) is 39.9 Å².